The fraction of sp³-hybridized carbons (Fsp3) is 0.312. The molecule has 0 spiro atoms. The minimum Gasteiger partial charge on any atom is -0.364 e. The van der Waals surface area contributed by atoms with Crippen molar-refractivity contribution in [3.63, 3.8) is 0 Å². The molecule has 12 heteroatoms. The van der Waals surface area contributed by atoms with Crippen molar-refractivity contribution >= 4 is 27.7 Å². The van der Waals surface area contributed by atoms with Crippen LogP contribution in [-0.4, -0.2) is 33.5 Å². The molecule has 0 saturated carbocycles. The summed E-state index contributed by atoms with van der Waals surface area (Å²) in [7, 11) is 0. The second-order valence-electron chi connectivity index (χ2n) is 5.55. The Kier molecular flexibility index (Phi) is 6.88. The van der Waals surface area contributed by atoms with Crippen molar-refractivity contribution in [1.29, 1.82) is 0 Å². The van der Waals surface area contributed by atoms with Crippen LogP contribution in [0, 0.1) is 0 Å². The Morgan fingerprint density at radius 1 is 1.14 bits per heavy atom. The molecule has 1 heterocycles. The molecule has 1 amide bonds. The Balaban J connectivity index is 1.97. The SMILES string of the molecule is CC(OCC(F)(F)F)c1ccc(-c2cnc(NNC(=O)C(F)(F)Br)cn2)cc1. The number of hydrogen-bond donors (Lipinski definition) is 2. The Labute approximate surface area is 164 Å². The fourth-order valence-electron chi connectivity index (χ4n) is 1.97. The number of anilines is 1. The normalized spacial score (nSPS) is 13.1. The number of nitrogens with zero attached hydrogens (tertiary/aromatic N) is 2. The fourth-order valence-corrected chi connectivity index (χ4v) is 2.07. The number of hydrogen-bond acceptors (Lipinski definition) is 5. The van der Waals surface area contributed by atoms with Gasteiger partial charge in [0.05, 0.1) is 24.2 Å². The van der Waals surface area contributed by atoms with Gasteiger partial charge in [-0.3, -0.25) is 20.6 Å². The van der Waals surface area contributed by atoms with Gasteiger partial charge in [-0.2, -0.15) is 22.0 Å². The number of carbonyl (C=O) groups excluding carboxylic acids is 1. The van der Waals surface area contributed by atoms with Crippen LogP contribution in [0.5, 0.6) is 0 Å². The molecule has 1 aromatic carbocycles. The van der Waals surface area contributed by atoms with E-state index in [0.29, 0.717) is 16.8 Å². The lowest BCUT2D eigenvalue weighted by Crippen LogP contribution is -2.39. The second-order valence-corrected chi connectivity index (χ2v) is 6.55. The maximum atomic E-state index is 12.7. The average molecular weight is 469 g/mol. The van der Waals surface area contributed by atoms with Crippen LogP contribution in [0.15, 0.2) is 36.7 Å². The van der Waals surface area contributed by atoms with Crippen molar-refractivity contribution in [3.8, 4) is 11.3 Å². The van der Waals surface area contributed by atoms with E-state index in [1.165, 1.54) is 19.3 Å². The Morgan fingerprint density at radius 2 is 1.79 bits per heavy atom. The van der Waals surface area contributed by atoms with Crippen LogP contribution < -0.4 is 10.9 Å². The molecule has 0 fully saturated rings. The first kappa shape index (κ1) is 22.0. The summed E-state index contributed by atoms with van der Waals surface area (Å²) in [5.74, 6) is -1.57. The molecule has 6 nitrogen and oxygen atoms in total. The van der Waals surface area contributed by atoms with Crippen molar-refractivity contribution in [3.05, 3.63) is 42.2 Å². The zero-order valence-electron chi connectivity index (χ0n) is 14.2. The van der Waals surface area contributed by atoms with Crippen LogP contribution in [-0.2, 0) is 9.53 Å². The molecule has 0 aliphatic heterocycles. The number of nitrogens with one attached hydrogen (secondary N) is 2. The predicted octanol–water partition coefficient (Wildman–Crippen LogP) is 4.21. The molecule has 2 aromatic rings. The number of halogens is 6. The van der Waals surface area contributed by atoms with Crippen LogP contribution in [0.3, 0.4) is 0 Å². The van der Waals surface area contributed by atoms with E-state index < -0.39 is 29.6 Å². The molecule has 0 bridgehead atoms. The van der Waals surface area contributed by atoms with E-state index in [9.17, 15) is 26.7 Å². The summed E-state index contributed by atoms with van der Waals surface area (Å²) in [6.45, 7) is 0.166. The quantitative estimate of drug-likeness (QED) is 0.361. The maximum Gasteiger partial charge on any atom is 0.411 e. The van der Waals surface area contributed by atoms with Crippen LogP contribution in [0.2, 0.25) is 0 Å². The summed E-state index contributed by atoms with van der Waals surface area (Å²) in [5, 5.41) is 0. The highest BCUT2D eigenvalue weighted by molar-refractivity contribution is 9.10. The van der Waals surface area contributed by atoms with Crippen molar-refractivity contribution in [1.82, 2.24) is 15.4 Å². The molecular formula is C16H14BrF5N4O2. The summed E-state index contributed by atoms with van der Waals surface area (Å²) < 4.78 is 66.7. The molecule has 0 saturated heterocycles. The largest absolute Gasteiger partial charge is 0.411 e. The number of benzene rings is 1. The van der Waals surface area contributed by atoms with Gasteiger partial charge in [-0.15, -0.1) is 0 Å². The summed E-state index contributed by atoms with van der Waals surface area (Å²) >= 11 is 1.91. The zero-order chi connectivity index (χ0) is 20.9. The smallest absolute Gasteiger partial charge is 0.364 e. The topological polar surface area (TPSA) is 76.1 Å². The third-order valence-corrected chi connectivity index (χ3v) is 3.75. The van der Waals surface area contributed by atoms with Crippen molar-refractivity contribution in [2.24, 2.45) is 0 Å². The van der Waals surface area contributed by atoms with Gasteiger partial charge in [-0.05, 0) is 12.5 Å². The minimum atomic E-state index is -4.40. The van der Waals surface area contributed by atoms with Crippen molar-refractivity contribution < 1.29 is 31.5 Å². The summed E-state index contributed by atoms with van der Waals surface area (Å²) in [4.78, 5) is 15.3. The number of aromatic nitrogens is 2. The van der Waals surface area contributed by atoms with E-state index in [2.05, 4.69) is 15.4 Å². The van der Waals surface area contributed by atoms with Gasteiger partial charge in [0.2, 0.25) is 0 Å². The standard InChI is InChI=1S/C16H14BrF5N4O2/c1-9(28-8-15(18,19)20)10-2-4-11(5-3-10)12-6-24-13(7-23-12)25-26-14(27)16(17,21)22/h2-7,9H,8H2,1H3,(H,24,25)(H,26,27). The second kappa shape index (κ2) is 8.78. The molecular weight excluding hydrogens is 455 g/mol. The van der Waals surface area contributed by atoms with Crippen molar-refractivity contribution in [2.75, 3.05) is 12.0 Å². The Hall–Kier alpha value is -2.34. The van der Waals surface area contributed by atoms with Gasteiger partial charge in [0.15, 0.2) is 5.82 Å². The van der Waals surface area contributed by atoms with E-state index in [-0.39, 0.29) is 5.82 Å². The first-order chi connectivity index (χ1) is 13.0. The lowest BCUT2D eigenvalue weighted by molar-refractivity contribution is -0.184. The summed E-state index contributed by atoms with van der Waals surface area (Å²) in [6, 6.07) is 6.46. The van der Waals surface area contributed by atoms with E-state index >= 15 is 0 Å². The molecule has 2 rings (SSSR count). The third-order valence-electron chi connectivity index (χ3n) is 3.39. The number of carbonyl (C=O) groups is 1. The van der Waals surface area contributed by atoms with Gasteiger partial charge < -0.3 is 4.74 Å². The van der Waals surface area contributed by atoms with Gasteiger partial charge >= 0.3 is 16.9 Å². The van der Waals surface area contributed by atoms with Gasteiger partial charge in [0.1, 0.15) is 6.61 Å². The monoisotopic (exact) mass is 468 g/mol. The molecule has 28 heavy (non-hydrogen) atoms. The predicted molar refractivity (Wildman–Crippen MR) is 93.5 cm³/mol. The number of ether oxygens (including phenoxy) is 1. The van der Waals surface area contributed by atoms with E-state index in [1.807, 2.05) is 15.9 Å². The van der Waals surface area contributed by atoms with Crippen LogP contribution >= 0.6 is 15.9 Å². The summed E-state index contributed by atoms with van der Waals surface area (Å²) in [6.07, 6.45) is -2.60. The van der Waals surface area contributed by atoms with E-state index in [4.69, 9.17) is 4.74 Å². The lowest BCUT2D eigenvalue weighted by atomic mass is 10.1. The van der Waals surface area contributed by atoms with Gasteiger partial charge in [0.25, 0.3) is 0 Å². The van der Waals surface area contributed by atoms with Crippen LogP contribution in [0.4, 0.5) is 27.8 Å². The number of amides is 1. The zero-order valence-corrected chi connectivity index (χ0v) is 15.8. The molecule has 1 aromatic heterocycles. The lowest BCUT2D eigenvalue weighted by Gasteiger charge is -2.15. The van der Waals surface area contributed by atoms with Gasteiger partial charge in [0, 0.05) is 21.5 Å². The molecule has 0 aliphatic rings. The maximum absolute atomic E-state index is 12.7. The van der Waals surface area contributed by atoms with E-state index in [0.717, 1.165) is 0 Å². The number of hydrazine groups is 1. The van der Waals surface area contributed by atoms with Gasteiger partial charge in [-0.1, -0.05) is 24.3 Å². The molecule has 1 unspecified atom stereocenters. The molecule has 2 N–H and O–H groups in total. The van der Waals surface area contributed by atoms with Crippen LogP contribution in [0.1, 0.15) is 18.6 Å². The molecule has 152 valence electrons. The Morgan fingerprint density at radius 3 is 2.29 bits per heavy atom. The first-order valence-corrected chi connectivity index (χ1v) is 8.49. The van der Waals surface area contributed by atoms with E-state index in [1.54, 1.807) is 29.7 Å². The number of rotatable bonds is 7. The highest BCUT2D eigenvalue weighted by Crippen LogP contribution is 2.25. The Bertz CT molecular complexity index is 795. The van der Waals surface area contributed by atoms with Crippen molar-refractivity contribution in [2.45, 2.75) is 24.0 Å². The molecule has 0 aliphatic carbocycles. The first-order valence-electron chi connectivity index (χ1n) is 7.69. The molecule has 0 radical (unpaired) electrons. The highest BCUT2D eigenvalue weighted by atomic mass is 79.9. The summed E-state index contributed by atoms with van der Waals surface area (Å²) in [5.41, 5.74) is 5.56. The van der Waals surface area contributed by atoms with Crippen LogP contribution in [0.25, 0.3) is 11.3 Å². The number of alkyl halides is 6. The highest BCUT2D eigenvalue weighted by Gasteiger charge is 2.35. The third kappa shape index (κ3) is 6.68. The average Bonchev–Trinajstić information content (AvgIpc) is 2.63. The molecule has 1 atom stereocenters. The minimum absolute atomic E-state index is 0.0274. The van der Waals surface area contributed by atoms with Gasteiger partial charge in [-0.25, -0.2) is 4.98 Å².